The average molecular weight is 342 g/mol. The zero-order chi connectivity index (χ0) is 14.7. The highest BCUT2D eigenvalue weighted by atomic mass is 79.9. The first-order valence-corrected chi connectivity index (χ1v) is 6.88. The van der Waals surface area contributed by atoms with Gasteiger partial charge in [-0.15, -0.1) is 0 Å². The highest BCUT2D eigenvalue weighted by molar-refractivity contribution is 9.10. The molecule has 0 aliphatic carbocycles. The van der Waals surface area contributed by atoms with Crippen molar-refractivity contribution in [3.05, 3.63) is 63.6 Å². The molecule has 0 unspecified atom stereocenters. The Morgan fingerprint density at radius 3 is 2.40 bits per heavy atom. The Hall–Kier alpha value is -1.46. The molecule has 0 spiro atoms. The summed E-state index contributed by atoms with van der Waals surface area (Å²) in [6, 6.07) is 8.63. The lowest BCUT2D eigenvalue weighted by molar-refractivity contribution is 0.300. The van der Waals surface area contributed by atoms with Crippen molar-refractivity contribution in [3.63, 3.8) is 0 Å². The van der Waals surface area contributed by atoms with E-state index in [1.54, 1.807) is 6.07 Å². The minimum atomic E-state index is -0.620. The van der Waals surface area contributed by atoms with Gasteiger partial charge in [0.05, 0.1) is 0 Å². The topological polar surface area (TPSA) is 35.2 Å². The first-order chi connectivity index (χ1) is 9.45. The van der Waals surface area contributed by atoms with Crippen molar-refractivity contribution in [2.45, 2.75) is 19.6 Å². The second-order valence-electron chi connectivity index (χ2n) is 4.54. The van der Waals surface area contributed by atoms with E-state index in [2.05, 4.69) is 15.9 Å². The number of rotatable bonds is 4. The minimum Gasteiger partial charge on any atom is -0.489 e. The number of halogens is 3. The van der Waals surface area contributed by atoms with Crippen molar-refractivity contribution >= 4 is 15.9 Å². The zero-order valence-electron chi connectivity index (χ0n) is 10.9. The molecular formula is C15H14BrF2NO. The lowest BCUT2D eigenvalue weighted by Gasteiger charge is -2.14. The van der Waals surface area contributed by atoms with Crippen molar-refractivity contribution in [1.82, 2.24) is 0 Å². The van der Waals surface area contributed by atoms with Crippen LogP contribution in [0.25, 0.3) is 0 Å². The summed E-state index contributed by atoms with van der Waals surface area (Å²) in [5.41, 5.74) is 7.13. The van der Waals surface area contributed by atoms with Crippen molar-refractivity contribution in [2.75, 3.05) is 0 Å². The molecule has 2 aromatic carbocycles. The van der Waals surface area contributed by atoms with Crippen molar-refractivity contribution in [2.24, 2.45) is 5.73 Å². The SMILES string of the molecule is C[C@@H](N)c1ccc(Br)cc1OCc1cc(F)cc(F)c1. The smallest absolute Gasteiger partial charge is 0.126 e. The summed E-state index contributed by atoms with van der Waals surface area (Å²) in [4.78, 5) is 0. The Labute approximate surface area is 124 Å². The molecule has 0 aliphatic heterocycles. The second kappa shape index (κ2) is 6.33. The van der Waals surface area contributed by atoms with E-state index in [0.717, 1.165) is 16.1 Å². The third-order valence-corrected chi connectivity index (χ3v) is 3.28. The molecule has 0 bridgehead atoms. The molecule has 0 saturated carbocycles. The molecule has 0 radical (unpaired) electrons. The maximum Gasteiger partial charge on any atom is 0.126 e. The van der Waals surface area contributed by atoms with Crippen LogP contribution in [0.2, 0.25) is 0 Å². The molecule has 0 amide bonds. The third kappa shape index (κ3) is 3.77. The van der Waals surface area contributed by atoms with Crippen LogP contribution in [0, 0.1) is 11.6 Å². The van der Waals surface area contributed by atoms with E-state index < -0.39 is 11.6 Å². The average Bonchev–Trinajstić information content (AvgIpc) is 2.35. The van der Waals surface area contributed by atoms with Crippen LogP contribution in [0.5, 0.6) is 5.75 Å². The maximum atomic E-state index is 13.1. The van der Waals surface area contributed by atoms with Crippen LogP contribution < -0.4 is 10.5 Å². The predicted molar refractivity (Wildman–Crippen MR) is 77.4 cm³/mol. The molecule has 0 aliphatic rings. The van der Waals surface area contributed by atoms with Crippen LogP contribution >= 0.6 is 15.9 Å². The van der Waals surface area contributed by atoms with E-state index >= 15 is 0 Å². The van der Waals surface area contributed by atoms with Gasteiger partial charge in [0.15, 0.2) is 0 Å². The van der Waals surface area contributed by atoms with E-state index in [1.807, 2.05) is 19.1 Å². The Morgan fingerprint density at radius 1 is 1.15 bits per heavy atom. The summed E-state index contributed by atoms with van der Waals surface area (Å²) in [6.07, 6.45) is 0. The Bertz CT molecular complexity index is 597. The third-order valence-electron chi connectivity index (χ3n) is 2.78. The van der Waals surface area contributed by atoms with E-state index in [4.69, 9.17) is 10.5 Å². The summed E-state index contributed by atoms with van der Waals surface area (Å²) < 4.78 is 32.7. The Morgan fingerprint density at radius 2 is 1.80 bits per heavy atom. The number of hydrogen-bond acceptors (Lipinski definition) is 2. The normalized spacial score (nSPS) is 12.2. The Kier molecular flexibility index (Phi) is 4.73. The second-order valence-corrected chi connectivity index (χ2v) is 5.45. The molecule has 0 saturated heterocycles. The molecule has 2 rings (SSSR count). The molecule has 2 nitrogen and oxygen atoms in total. The molecule has 1 atom stereocenters. The van der Waals surface area contributed by atoms with Gasteiger partial charge in [-0.1, -0.05) is 22.0 Å². The van der Waals surface area contributed by atoms with Gasteiger partial charge in [-0.3, -0.25) is 0 Å². The van der Waals surface area contributed by atoms with E-state index in [9.17, 15) is 8.78 Å². The Balaban J connectivity index is 2.20. The van der Waals surface area contributed by atoms with Crippen LogP contribution in [0.4, 0.5) is 8.78 Å². The molecule has 0 heterocycles. The van der Waals surface area contributed by atoms with Gasteiger partial charge >= 0.3 is 0 Å². The van der Waals surface area contributed by atoms with Crippen LogP contribution in [-0.2, 0) is 6.61 Å². The summed E-state index contributed by atoms with van der Waals surface area (Å²) >= 11 is 3.35. The number of nitrogens with two attached hydrogens (primary N) is 1. The molecule has 0 aromatic heterocycles. The van der Waals surface area contributed by atoms with Gasteiger partial charge in [-0.2, -0.15) is 0 Å². The minimum absolute atomic E-state index is 0.0743. The molecule has 2 aromatic rings. The number of ether oxygens (including phenoxy) is 1. The largest absolute Gasteiger partial charge is 0.489 e. The van der Waals surface area contributed by atoms with Gasteiger partial charge < -0.3 is 10.5 Å². The highest BCUT2D eigenvalue weighted by Crippen LogP contribution is 2.28. The van der Waals surface area contributed by atoms with Gasteiger partial charge in [0, 0.05) is 22.1 Å². The molecule has 0 fully saturated rings. The molecule has 20 heavy (non-hydrogen) atoms. The fraction of sp³-hybridized carbons (Fsp3) is 0.200. The zero-order valence-corrected chi connectivity index (χ0v) is 12.5. The number of hydrogen-bond donors (Lipinski definition) is 1. The van der Waals surface area contributed by atoms with Gasteiger partial charge in [-0.05, 0) is 36.8 Å². The molecule has 2 N–H and O–H groups in total. The van der Waals surface area contributed by atoms with Crippen molar-refractivity contribution in [3.8, 4) is 5.75 Å². The van der Waals surface area contributed by atoms with Gasteiger partial charge in [0.1, 0.15) is 24.0 Å². The van der Waals surface area contributed by atoms with Gasteiger partial charge in [0.2, 0.25) is 0 Å². The van der Waals surface area contributed by atoms with Crippen LogP contribution in [0.15, 0.2) is 40.9 Å². The summed E-state index contributed by atoms with van der Waals surface area (Å²) in [6.45, 7) is 1.92. The first kappa shape index (κ1) is 14.9. The molecule has 5 heteroatoms. The van der Waals surface area contributed by atoms with E-state index in [0.29, 0.717) is 11.3 Å². The molecular weight excluding hydrogens is 328 g/mol. The number of benzene rings is 2. The lowest BCUT2D eigenvalue weighted by atomic mass is 10.1. The lowest BCUT2D eigenvalue weighted by Crippen LogP contribution is -2.08. The fourth-order valence-corrected chi connectivity index (χ4v) is 2.20. The quantitative estimate of drug-likeness (QED) is 0.898. The highest BCUT2D eigenvalue weighted by Gasteiger charge is 2.09. The summed E-state index contributed by atoms with van der Waals surface area (Å²) in [5, 5.41) is 0. The fourth-order valence-electron chi connectivity index (χ4n) is 1.86. The summed E-state index contributed by atoms with van der Waals surface area (Å²) in [5.74, 6) is -0.644. The molecule has 106 valence electrons. The van der Waals surface area contributed by atoms with Gasteiger partial charge in [-0.25, -0.2) is 8.78 Å². The van der Waals surface area contributed by atoms with Crippen molar-refractivity contribution < 1.29 is 13.5 Å². The van der Waals surface area contributed by atoms with Crippen LogP contribution in [0.1, 0.15) is 24.1 Å². The van der Waals surface area contributed by atoms with Crippen LogP contribution in [0.3, 0.4) is 0 Å². The van der Waals surface area contributed by atoms with E-state index in [1.165, 1.54) is 12.1 Å². The van der Waals surface area contributed by atoms with Gasteiger partial charge in [0.25, 0.3) is 0 Å². The predicted octanol–water partition coefficient (Wildman–Crippen LogP) is 4.33. The summed E-state index contributed by atoms with van der Waals surface area (Å²) in [7, 11) is 0. The first-order valence-electron chi connectivity index (χ1n) is 6.08. The van der Waals surface area contributed by atoms with Crippen molar-refractivity contribution in [1.29, 1.82) is 0 Å². The standard InChI is InChI=1S/C15H14BrF2NO/c1-9(19)14-3-2-11(16)6-15(14)20-8-10-4-12(17)7-13(18)5-10/h2-7,9H,8,19H2,1H3/t9-/m1/s1. The van der Waals surface area contributed by atoms with Crippen LogP contribution in [-0.4, -0.2) is 0 Å². The maximum absolute atomic E-state index is 13.1. The monoisotopic (exact) mass is 341 g/mol. The van der Waals surface area contributed by atoms with E-state index in [-0.39, 0.29) is 12.6 Å².